The normalized spacial score (nSPS) is 22.0. The molecular weight excluding hydrogens is 257 g/mol. The Bertz CT molecular complexity index is 389. The summed E-state index contributed by atoms with van der Waals surface area (Å²) in [6.07, 6.45) is 3.17. The van der Waals surface area contributed by atoms with Crippen LogP contribution in [0.25, 0.3) is 0 Å². The highest BCUT2D eigenvalue weighted by Crippen LogP contribution is 2.24. The van der Waals surface area contributed by atoms with Crippen LogP contribution in [0.5, 0.6) is 0 Å². The molecule has 1 aromatic heterocycles. The number of likely N-dealkylation sites (tertiary alicyclic amines) is 1. The van der Waals surface area contributed by atoms with Crippen LogP contribution in [0, 0.1) is 0 Å². The first-order valence-corrected chi connectivity index (χ1v) is 7.00. The van der Waals surface area contributed by atoms with E-state index in [0.29, 0.717) is 0 Å². The van der Waals surface area contributed by atoms with E-state index in [1.807, 2.05) is 11.7 Å². The van der Waals surface area contributed by atoms with Crippen molar-refractivity contribution >= 4 is 23.2 Å². The molecule has 1 atom stereocenters. The van der Waals surface area contributed by atoms with Crippen molar-refractivity contribution in [3.05, 3.63) is 16.4 Å². The van der Waals surface area contributed by atoms with Crippen molar-refractivity contribution in [3.8, 4) is 0 Å². The molecule has 1 aliphatic heterocycles. The summed E-state index contributed by atoms with van der Waals surface area (Å²) < 4.78 is 1.90. The van der Waals surface area contributed by atoms with Crippen molar-refractivity contribution in [2.45, 2.75) is 38.1 Å². The Balaban J connectivity index is 2.10. The van der Waals surface area contributed by atoms with Gasteiger partial charge in [-0.15, -0.1) is 11.6 Å². The first-order valence-electron chi connectivity index (χ1n) is 6.18. The minimum atomic E-state index is 0.279. The van der Waals surface area contributed by atoms with E-state index in [2.05, 4.69) is 16.9 Å². The summed E-state index contributed by atoms with van der Waals surface area (Å²) in [4.78, 5) is 2.36. The molecule has 0 N–H and O–H groups in total. The summed E-state index contributed by atoms with van der Waals surface area (Å²) in [7, 11) is 1.96. The third-order valence-electron chi connectivity index (χ3n) is 3.32. The fourth-order valence-corrected chi connectivity index (χ4v) is 3.05. The van der Waals surface area contributed by atoms with Crippen molar-refractivity contribution in [2.75, 3.05) is 13.1 Å². The highest BCUT2D eigenvalue weighted by atomic mass is 35.5. The fourth-order valence-electron chi connectivity index (χ4n) is 2.35. The summed E-state index contributed by atoms with van der Waals surface area (Å²) in [5, 5.41) is 5.54. The number of hydrogen-bond acceptors (Lipinski definition) is 2. The van der Waals surface area contributed by atoms with Crippen molar-refractivity contribution < 1.29 is 0 Å². The van der Waals surface area contributed by atoms with Gasteiger partial charge in [-0.25, -0.2) is 0 Å². The molecule has 0 saturated carbocycles. The van der Waals surface area contributed by atoms with Crippen LogP contribution in [0.15, 0.2) is 0 Å². The third kappa shape index (κ3) is 2.95. The second-order valence-electron chi connectivity index (χ2n) is 4.66. The maximum absolute atomic E-state index is 6.34. The minimum absolute atomic E-state index is 0.279. The molecule has 0 spiro atoms. The molecule has 2 heterocycles. The Morgan fingerprint density at radius 3 is 2.82 bits per heavy atom. The Kier molecular flexibility index (Phi) is 4.34. The molecule has 0 bridgehead atoms. The van der Waals surface area contributed by atoms with Crippen LogP contribution in [0.1, 0.15) is 31.2 Å². The molecule has 1 saturated heterocycles. The Morgan fingerprint density at radius 1 is 1.47 bits per heavy atom. The monoisotopic (exact) mass is 275 g/mol. The number of aromatic nitrogens is 2. The van der Waals surface area contributed by atoms with E-state index in [1.54, 1.807) is 0 Å². The van der Waals surface area contributed by atoms with Crippen LogP contribution >= 0.6 is 23.2 Å². The molecule has 1 fully saturated rings. The van der Waals surface area contributed by atoms with Gasteiger partial charge in [-0.05, 0) is 25.8 Å². The van der Waals surface area contributed by atoms with Gasteiger partial charge >= 0.3 is 0 Å². The van der Waals surface area contributed by atoms with Gasteiger partial charge < -0.3 is 0 Å². The van der Waals surface area contributed by atoms with E-state index in [-0.39, 0.29) is 5.38 Å². The quantitative estimate of drug-likeness (QED) is 0.791. The molecule has 96 valence electrons. The highest BCUT2D eigenvalue weighted by Gasteiger charge is 2.21. The van der Waals surface area contributed by atoms with E-state index in [1.165, 1.54) is 6.42 Å². The third-order valence-corrected chi connectivity index (χ3v) is 4.12. The van der Waals surface area contributed by atoms with Gasteiger partial charge in [0.2, 0.25) is 0 Å². The van der Waals surface area contributed by atoms with Gasteiger partial charge in [0.05, 0.1) is 16.4 Å². The molecule has 0 radical (unpaired) electrons. The van der Waals surface area contributed by atoms with Crippen molar-refractivity contribution in [3.63, 3.8) is 0 Å². The molecule has 1 aromatic rings. The fraction of sp³-hybridized carbons (Fsp3) is 0.750. The van der Waals surface area contributed by atoms with Gasteiger partial charge in [0.15, 0.2) is 0 Å². The zero-order valence-electron chi connectivity index (χ0n) is 10.4. The van der Waals surface area contributed by atoms with E-state index < -0.39 is 0 Å². The lowest BCUT2D eigenvalue weighted by atomic mass is 10.1. The molecule has 5 heteroatoms. The van der Waals surface area contributed by atoms with Crippen LogP contribution in [0.3, 0.4) is 0 Å². The summed E-state index contributed by atoms with van der Waals surface area (Å²) in [5.74, 6) is 0. The van der Waals surface area contributed by atoms with Gasteiger partial charge in [-0.2, -0.15) is 5.10 Å². The van der Waals surface area contributed by atoms with Gasteiger partial charge in [0, 0.05) is 25.5 Å². The number of piperidine rings is 1. The Hall–Kier alpha value is -0.250. The van der Waals surface area contributed by atoms with Crippen molar-refractivity contribution in [1.82, 2.24) is 14.7 Å². The van der Waals surface area contributed by atoms with Gasteiger partial charge in [-0.3, -0.25) is 9.58 Å². The number of rotatable bonds is 3. The molecule has 0 amide bonds. The average Bonchev–Trinajstić information content (AvgIpc) is 2.56. The number of halogens is 2. The zero-order chi connectivity index (χ0) is 12.4. The highest BCUT2D eigenvalue weighted by molar-refractivity contribution is 6.31. The van der Waals surface area contributed by atoms with Gasteiger partial charge in [0.25, 0.3) is 0 Å². The summed E-state index contributed by atoms with van der Waals surface area (Å²) in [6.45, 7) is 4.98. The smallest absolute Gasteiger partial charge is 0.0863 e. The SMILES string of the molecule is CCc1nn(C)c(CN2CCCC(Cl)C2)c1Cl. The number of nitrogens with zero attached hydrogens (tertiary/aromatic N) is 3. The van der Waals surface area contributed by atoms with Gasteiger partial charge in [0.1, 0.15) is 0 Å². The van der Waals surface area contributed by atoms with Gasteiger partial charge in [-0.1, -0.05) is 18.5 Å². The number of alkyl halides is 1. The van der Waals surface area contributed by atoms with Crippen LogP contribution in [-0.4, -0.2) is 33.1 Å². The van der Waals surface area contributed by atoms with Crippen molar-refractivity contribution in [2.24, 2.45) is 7.05 Å². The molecule has 1 unspecified atom stereocenters. The minimum Gasteiger partial charge on any atom is -0.296 e. The van der Waals surface area contributed by atoms with Crippen molar-refractivity contribution in [1.29, 1.82) is 0 Å². The molecule has 0 aromatic carbocycles. The van der Waals surface area contributed by atoms with Crippen LogP contribution in [0.4, 0.5) is 0 Å². The largest absolute Gasteiger partial charge is 0.296 e. The lowest BCUT2D eigenvalue weighted by Gasteiger charge is -2.29. The zero-order valence-corrected chi connectivity index (χ0v) is 11.9. The predicted molar refractivity (Wildman–Crippen MR) is 71.7 cm³/mol. The van der Waals surface area contributed by atoms with Crippen LogP contribution in [-0.2, 0) is 20.0 Å². The topological polar surface area (TPSA) is 21.1 Å². The summed E-state index contributed by atoms with van der Waals surface area (Å²) in [6, 6.07) is 0. The maximum atomic E-state index is 6.34. The van der Waals surface area contributed by atoms with Crippen LogP contribution in [0.2, 0.25) is 5.02 Å². The standard InChI is InChI=1S/C12H19Cl2N3/c1-3-10-12(14)11(16(2)15-10)8-17-6-4-5-9(13)7-17/h9H,3-8H2,1-2H3. The average molecular weight is 276 g/mol. The second-order valence-corrected chi connectivity index (χ2v) is 5.65. The number of hydrogen-bond donors (Lipinski definition) is 0. The lowest BCUT2D eigenvalue weighted by molar-refractivity contribution is 0.219. The summed E-state index contributed by atoms with van der Waals surface area (Å²) >= 11 is 12.5. The molecule has 2 rings (SSSR count). The predicted octanol–water partition coefficient (Wildman–Crippen LogP) is 2.84. The van der Waals surface area contributed by atoms with E-state index in [0.717, 1.165) is 48.9 Å². The Labute approximate surface area is 113 Å². The molecule has 17 heavy (non-hydrogen) atoms. The molecule has 3 nitrogen and oxygen atoms in total. The first kappa shape index (κ1) is 13.2. The van der Waals surface area contributed by atoms with E-state index in [4.69, 9.17) is 23.2 Å². The number of aryl methyl sites for hydroxylation is 2. The summed E-state index contributed by atoms with van der Waals surface area (Å²) in [5.41, 5.74) is 2.10. The Morgan fingerprint density at radius 2 is 2.24 bits per heavy atom. The lowest BCUT2D eigenvalue weighted by Crippen LogP contribution is -2.35. The molecular formula is C12H19Cl2N3. The molecule has 0 aliphatic carbocycles. The maximum Gasteiger partial charge on any atom is 0.0863 e. The second kappa shape index (κ2) is 5.59. The van der Waals surface area contributed by atoms with Crippen LogP contribution < -0.4 is 0 Å². The van der Waals surface area contributed by atoms with E-state index >= 15 is 0 Å². The van der Waals surface area contributed by atoms with E-state index in [9.17, 15) is 0 Å². The molecule has 1 aliphatic rings. The first-order chi connectivity index (χ1) is 8.11.